The summed E-state index contributed by atoms with van der Waals surface area (Å²) in [6, 6.07) is 6.17. The molecule has 4 N–H and O–H groups in total. The van der Waals surface area contributed by atoms with Gasteiger partial charge in [-0.2, -0.15) is 0 Å². The molecule has 0 radical (unpaired) electrons. The molecule has 104 valence electrons. The monoisotopic (exact) mass is 263 g/mol. The van der Waals surface area contributed by atoms with Crippen molar-refractivity contribution in [3.05, 3.63) is 29.8 Å². The van der Waals surface area contributed by atoms with Crippen molar-refractivity contribution in [3.8, 4) is 0 Å². The lowest BCUT2D eigenvalue weighted by Crippen LogP contribution is -2.46. The number of benzene rings is 1. The van der Waals surface area contributed by atoms with Gasteiger partial charge in [0.05, 0.1) is 0 Å². The summed E-state index contributed by atoms with van der Waals surface area (Å²) in [5, 5.41) is 5.24. The highest BCUT2D eigenvalue weighted by Crippen LogP contribution is 2.11. The lowest BCUT2D eigenvalue weighted by atomic mass is 10.0. The summed E-state index contributed by atoms with van der Waals surface area (Å²) in [5.41, 5.74) is 6.91. The van der Waals surface area contributed by atoms with Gasteiger partial charge in [0.15, 0.2) is 0 Å². The zero-order valence-corrected chi connectivity index (χ0v) is 11.6. The first-order valence-electron chi connectivity index (χ1n) is 6.32. The van der Waals surface area contributed by atoms with Crippen LogP contribution >= 0.6 is 0 Å². The first-order valence-corrected chi connectivity index (χ1v) is 6.32. The van der Waals surface area contributed by atoms with Crippen LogP contribution in [0.4, 0.5) is 10.5 Å². The van der Waals surface area contributed by atoms with Gasteiger partial charge in [0.25, 0.3) is 0 Å². The predicted molar refractivity (Wildman–Crippen MR) is 75.8 cm³/mol. The van der Waals surface area contributed by atoms with Gasteiger partial charge in [0, 0.05) is 5.69 Å². The summed E-state index contributed by atoms with van der Waals surface area (Å²) in [6.45, 7) is 5.94. The van der Waals surface area contributed by atoms with E-state index in [2.05, 4.69) is 10.6 Å². The third-order valence-electron chi connectivity index (χ3n) is 2.66. The molecule has 1 atom stereocenters. The normalized spacial score (nSPS) is 12.0. The SMILES string of the molecule is Cc1ccc(NC(=O)C(CC(C)C)NC(N)=O)cc1. The maximum absolute atomic E-state index is 12.1. The Hall–Kier alpha value is -2.04. The minimum absolute atomic E-state index is 0.253. The van der Waals surface area contributed by atoms with Crippen LogP contribution in [0, 0.1) is 12.8 Å². The van der Waals surface area contributed by atoms with Gasteiger partial charge in [-0.25, -0.2) is 4.79 Å². The van der Waals surface area contributed by atoms with Crippen LogP contribution in [0.15, 0.2) is 24.3 Å². The molecule has 0 aliphatic rings. The lowest BCUT2D eigenvalue weighted by Gasteiger charge is -2.19. The van der Waals surface area contributed by atoms with Crippen molar-refractivity contribution in [1.82, 2.24) is 5.32 Å². The number of hydrogen-bond donors (Lipinski definition) is 3. The number of urea groups is 1. The topological polar surface area (TPSA) is 84.2 Å². The third kappa shape index (κ3) is 5.42. The lowest BCUT2D eigenvalue weighted by molar-refractivity contribution is -0.118. The van der Waals surface area contributed by atoms with Crippen molar-refractivity contribution < 1.29 is 9.59 Å². The van der Waals surface area contributed by atoms with Gasteiger partial charge in [-0.05, 0) is 31.4 Å². The minimum Gasteiger partial charge on any atom is -0.352 e. The number of aryl methyl sites for hydroxylation is 1. The molecule has 0 fully saturated rings. The Morgan fingerprint density at radius 2 is 1.79 bits per heavy atom. The quantitative estimate of drug-likeness (QED) is 0.759. The van der Waals surface area contributed by atoms with Gasteiger partial charge in [-0.15, -0.1) is 0 Å². The zero-order chi connectivity index (χ0) is 14.4. The Morgan fingerprint density at radius 3 is 2.26 bits per heavy atom. The molecule has 19 heavy (non-hydrogen) atoms. The van der Waals surface area contributed by atoms with Crippen molar-refractivity contribution in [3.63, 3.8) is 0 Å². The average molecular weight is 263 g/mol. The molecule has 0 spiro atoms. The summed E-state index contributed by atoms with van der Waals surface area (Å²) in [7, 11) is 0. The number of primary amides is 1. The maximum atomic E-state index is 12.1. The fraction of sp³-hybridized carbons (Fsp3) is 0.429. The fourth-order valence-corrected chi connectivity index (χ4v) is 1.74. The van der Waals surface area contributed by atoms with Crippen LogP contribution in [-0.4, -0.2) is 18.0 Å². The Labute approximate surface area is 113 Å². The van der Waals surface area contributed by atoms with E-state index in [9.17, 15) is 9.59 Å². The van der Waals surface area contributed by atoms with E-state index in [1.807, 2.05) is 45.0 Å². The first-order chi connectivity index (χ1) is 8.88. The number of carbonyl (C=O) groups excluding carboxylic acids is 2. The smallest absolute Gasteiger partial charge is 0.312 e. The molecule has 1 rings (SSSR count). The van der Waals surface area contributed by atoms with Gasteiger partial charge < -0.3 is 16.4 Å². The van der Waals surface area contributed by atoms with E-state index < -0.39 is 12.1 Å². The summed E-state index contributed by atoms with van der Waals surface area (Å²) in [6.07, 6.45) is 0.542. The van der Waals surface area contributed by atoms with E-state index in [-0.39, 0.29) is 11.8 Å². The van der Waals surface area contributed by atoms with E-state index in [1.54, 1.807) is 0 Å². The van der Waals surface area contributed by atoms with Crippen LogP contribution in [0.5, 0.6) is 0 Å². The molecule has 0 saturated heterocycles. The third-order valence-corrected chi connectivity index (χ3v) is 2.66. The van der Waals surface area contributed by atoms with Gasteiger partial charge in [0.2, 0.25) is 5.91 Å². The molecular weight excluding hydrogens is 242 g/mol. The number of amides is 3. The molecule has 1 aromatic carbocycles. The van der Waals surface area contributed by atoms with E-state index in [1.165, 1.54) is 0 Å². The fourth-order valence-electron chi connectivity index (χ4n) is 1.74. The Bertz CT molecular complexity index is 441. The molecule has 0 saturated carbocycles. The molecule has 0 bridgehead atoms. The highest BCUT2D eigenvalue weighted by Gasteiger charge is 2.20. The molecule has 0 heterocycles. The van der Waals surface area contributed by atoms with Crippen molar-refractivity contribution in [2.75, 3.05) is 5.32 Å². The summed E-state index contributed by atoms with van der Waals surface area (Å²) in [5.74, 6) is 0.0250. The van der Waals surface area contributed by atoms with E-state index in [0.29, 0.717) is 12.1 Å². The van der Waals surface area contributed by atoms with Gasteiger partial charge >= 0.3 is 6.03 Å². The summed E-state index contributed by atoms with van der Waals surface area (Å²) in [4.78, 5) is 23.0. The van der Waals surface area contributed by atoms with E-state index >= 15 is 0 Å². The second kappa shape index (κ2) is 6.78. The second-order valence-corrected chi connectivity index (χ2v) is 5.05. The first kappa shape index (κ1) is 15.0. The second-order valence-electron chi connectivity index (χ2n) is 5.05. The number of hydrogen-bond acceptors (Lipinski definition) is 2. The Morgan fingerprint density at radius 1 is 1.21 bits per heavy atom. The zero-order valence-electron chi connectivity index (χ0n) is 11.6. The number of carbonyl (C=O) groups is 2. The minimum atomic E-state index is -0.690. The predicted octanol–water partition coefficient (Wildman–Crippen LogP) is 2.02. The molecule has 0 aliphatic heterocycles. The van der Waals surface area contributed by atoms with E-state index in [4.69, 9.17) is 5.73 Å². The standard InChI is InChI=1S/C14H21N3O2/c1-9(2)8-12(17-14(15)19)13(18)16-11-6-4-10(3)5-7-11/h4-7,9,12H,8H2,1-3H3,(H,16,18)(H3,15,17,19). The molecule has 1 unspecified atom stereocenters. The van der Waals surface area contributed by atoms with Crippen LogP contribution in [0.1, 0.15) is 25.8 Å². The number of anilines is 1. The van der Waals surface area contributed by atoms with Crippen molar-refractivity contribution >= 4 is 17.6 Å². The van der Waals surface area contributed by atoms with Gasteiger partial charge in [0.1, 0.15) is 6.04 Å². The van der Waals surface area contributed by atoms with Crippen LogP contribution in [0.25, 0.3) is 0 Å². The number of nitrogens with two attached hydrogens (primary N) is 1. The van der Waals surface area contributed by atoms with Gasteiger partial charge in [-0.1, -0.05) is 31.5 Å². The molecule has 0 aromatic heterocycles. The summed E-state index contributed by atoms with van der Waals surface area (Å²) < 4.78 is 0. The Kier molecular flexibility index (Phi) is 5.36. The molecule has 3 amide bonds. The largest absolute Gasteiger partial charge is 0.352 e. The average Bonchev–Trinajstić information content (AvgIpc) is 2.30. The van der Waals surface area contributed by atoms with E-state index in [0.717, 1.165) is 5.56 Å². The summed E-state index contributed by atoms with van der Waals surface area (Å²) >= 11 is 0. The van der Waals surface area contributed by atoms with Crippen LogP contribution in [0.2, 0.25) is 0 Å². The van der Waals surface area contributed by atoms with Crippen molar-refractivity contribution in [2.24, 2.45) is 11.7 Å². The van der Waals surface area contributed by atoms with Crippen LogP contribution in [-0.2, 0) is 4.79 Å². The Balaban J connectivity index is 2.70. The van der Waals surface area contributed by atoms with Crippen LogP contribution in [0.3, 0.4) is 0 Å². The molecule has 5 nitrogen and oxygen atoms in total. The van der Waals surface area contributed by atoms with Crippen molar-refractivity contribution in [1.29, 1.82) is 0 Å². The number of nitrogens with one attached hydrogen (secondary N) is 2. The maximum Gasteiger partial charge on any atom is 0.312 e. The molecule has 5 heteroatoms. The van der Waals surface area contributed by atoms with Gasteiger partial charge in [-0.3, -0.25) is 4.79 Å². The highest BCUT2D eigenvalue weighted by molar-refractivity contribution is 5.96. The van der Waals surface area contributed by atoms with Crippen molar-refractivity contribution in [2.45, 2.75) is 33.2 Å². The highest BCUT2D eigenvalue weighted by atomic mass is 16.2. The molecule has 1 aromatic rings. The molecule has 0 aliphatic carbocycles. The van der Waals surface area contributed by atoms with Crippen LogP contribution < -0.4 is 16.4 Å². The number of rotatable bonds is 5. The molecular formula is C14H21N3O2.